The van der Waals surface area contributed by atoms with Crippen molar-refractivity contribution in [2.45, 2.75) is 58.6 Å². The summed E-state index contributed by atoms with van der Waals surface area (Å²) in [6.45, 7) is 9.60. The van der Waals surface area contributed by atoms with Crippen LogP contribution < -0.4 is 15.8 Å². The van der Waals surface area contributed by atoms with E-state index in [1.165, 1.54) is 0 Å². The van der Waals surface area contributed by atoms with E-state index in [9.17, 15) is 10.1 Å². The van der Waals surface area contributed by atoms with Gasteiger partial charge in [-0.25, -0.2) is 4.79 Å². The molecule has 0 saturated heterocycles. The molecular formula is C18H27N3O3. The molecular weight excluding hydrogens is 306 g/mol. The third-order valence-electron chi connectivity index (χ3n) is 3.79. The van der Waals surface area contributed by atoms with Gasteiger partial charge in [0, 0.05) is 0 Å². The van der Waals surface area contributed by atoms with Gasteiger partial charge in [-0.15, -0.1) is 0 Å². The number of ether oxygens (including phenoxy) is 2. The Morgan fingerprint density at radius 3 is 2.42 bits per heavy atom. The van der Waals surface area contributed by atoms with E-state index >= 15 is 0 Å². The lowest BCUT2D eigenvalue weighted by Gasteiger charge is -2.33. The van der Waals surface area contributed by atoms with Gasteiger partial charge in [0.2, 0.25) is 0 Å². The zero-order valence-corrected chi connectivity index (χ0v) is 15.1. The fourth-order valence-electron chi connectivity index (χ4n) is 2.19. The molecule has 1 aromatic rings. The van der Waals surface area contributed by atoms with Crippen LogP contribution in [-0.4, -0.2) is 23.8 Å². The number of carbonyl (C=O) groups is 1. The van der Waals surface area contributed by atoms with Crippen molar-refractivity contribution in [1.29, 1.82) is 5.26 Å². The van der Waals surface area contributed by atoms with Crippen molar-refractivity contribution in [3.05, 3.63) is 23.8 Å². The van der Waals surface area contributed by atoms with Gasteiger partial charge in [-0.05, 0) is 45.7 Å². The summed E-state index contributed by atoms with van der Waals surface area (Å²) in [5.41, 5.74) is 5.31. The molecule has 0 saturated carbocycles. The van der Waals surface area contributed by atoms with Crippen molar-refractivity contribution in [3.63, 3.8) is 0 Å². The second kappa shape index (κ2) is 7.91. The topological polar surface area (TPSA) is 97.4 Å². The number of alkyl carbamates (subject to hydrolysis) is 1. The monoisotopic (exact) mass is 333 g/mol. The first kappa shape index (κ1) is 19.6. The van der Waals surface area contributed by atoms with Crippen molar-refractivity contribution in [2.24, 2.45) is 0 Å². The number of carbonyl (C=O) groups excluding carboxylic acids is 1. The van der Waals surface area contributed by atoms with Crippen molar-refractivity contribution >= 4 is 11.8 Å². The Balaban J connectivity index is 2.88. The van der Waals surface area contributed by atoms with Crippen LogP contribution in [0.15, 0.2) is 18.2 Å². The fourth-order valence-corrected chi connectivity index (χ4v) is 2.19. The summed E-state index contributed by atoms with van der Waals surface area (Å²) in [7, 11) is 0. The van der Waals surface area contributed by atoms with Gasteiger partial charge in [-0.2, -0.15) is 5.26 Å². The lowest BCUT2D eigenvalue weighted by Crippen LogP contribution is -2.53. The first-order valence-corrected chi connectivity index (χ1v) is 8.09. The number of anilines is 1. The van der Waals surface area contributed by atoms with Crippen LogP contribution in [0.3, 0.4) is 0 Å². The van der Waals surface area contributed by atoms with Crippen molar-refractivity contribution in [3.8, 4) is 11.8 Å². The summed E-state index contributed by atoms with van der Waals surface area (Å²) in [5, 5.41) is 12.1. The SMILES string of the molecule is CCC(CC)(COc1cccc(N)c1C#N)NC(=O)OC(C)(C)C. The van der Waals surface area contributed by atoms with Gasteiger partial charge < -0.3 is 20.5 Å². The van der Waals surface area contributed by atoms with Crippen LogP contribution in [0.4, 0.5) is 10.5 Å². The second-order valence-corrected chi connectivity index (χ2v) is 6.74. The predicted octanol–water partition coefficient (Wildman–Crippen LogP) is 3.60. The maximum absolute atomic E-state index is 12.1. The van der Waals surface area contributed by atoms with Crippen LogP contribution in [0.1, 0.15) is 53.0 Å². The molecule has 6 heteroatoms. The highest BCUT2D eigenvalue weighted by Gasteiger charge is 2.31. The number of nitriles is 1. The fraction of sp³-hybridized carbons (Fsp3) is 0.556. The molecule has 132 valence electrons. The van der Waals surface area contributed by atoms with E-state index in [4.69, 9.17) is 15.2 Å². The Kier molecular flexibility index (Phi) is 6.47. The minimum absolute atomic E-state index is 0.220. The quantitative estimate of drug-likeness (QED) is 0.775. The summed E-state index contributed by atoms with van der Waals surface area (Å²) in [4.78, 5) is 12.1. The van der Waals surface area contributed by atoms with Crippen LogP contribution in [0.25, 0.3) is 0 Å². The normalized spacial score (nSPS) is 11.5. The number of hydrogen-bond acceptors (Lipinski definition) is 5. The lowest BCUT2D eigenvalue weighted by molar-refractivity contribution is 0.0401. The highest BCUT2D eigenvalue weighted by molar-refractivity contribution is 5.69. The largest absolute Gasteiger partial charge is 0.490 e. The number of nitrogens with two attached hydrogens (primary N) is 1. The molecule has 0 aromatic heterocycles. The number of rotatable bonds is 6. The average Bonchev–Trinajstić information content (AvgIpc) is 2.49. The van der Waals surface area contributed by atoms with Gasteiger partial charge in [0.15, 0.2) is 0 Å². The Morgan fingerprint density at radius 2 is 1.92 bits per heavy atom. The van der Waals surface area contributed by atoms with Crippen LogP contribution in [0.5, 0.6) is 5.75 Å². The van der Waals surface area contributed by atoms with E-state index in [-0.39, 0.29) is 6.61 Å². The maximum Gasteiger partial charge on any atom is 0.408 e. The summed E-state index contributed by atoms with van der Waals surface area (Å²) in [6, 6.07) is 7.12. The third kappa shape index (κ3) is 5.34. The summed E-state index contributed by atoms with van der Waals surface area (Å²) in [5.74, 6) is 0.412. The van der Waals surface area contributed by atoms with E-state index in [0.717, 1.165) is 0 Å². The smallest absolute Gasteiger partial charge is 0.408 e. The molecule has 0 aliphatic rings. The molecule has 1 rings (SSSR count). The first-order chi connectivity index (χ1) is 11.2. The molecule has 0 spiro atoms. The number of nitrogens with one attached hydrogen (secondary N) is 1. The van der Waals surface area contributed by atoms with Crippen LogP contribution in [-0.2, 0) is 4.74 Å². The van der Waals surface area contributed by atoms with Crippen molar-refractivity contribution in [2.75, 3.05) is 12.3 Å². The summed E-state index contributed by atoms with van der Waals surface area (Å²) >= 11 is 0. The second-order valence-electron chi connectivity index (χ2n) is 6.74. The molecule has 0 atom stereocenters. The Bertz CT molecular complexity index is 611. The molecule has 3 N–H and O–H groups in total. The van der Waals surface area contributed by atoms with E-state index in [1.807, 2.05) is 40.7 Å². The molecule has 0 bridgehead atoms. The van der Waals surface area contributed by atoms with Crippen molar-refractivity contribution in [1.82, 2.24) is 5.32 Å². The molecule has 24 heavy (non-hydrogen) atoms. The summed E-state index contributed by atoms with van der Waals surface area (Å²) < 4.78 is 11.1. The highest BCUT2D eigenvalue weighted by Crippen LogP contribution is 2.26. The Labute approximate surface area is 143 Å². The molecule has 0 heterocycles. The molecule has 1 aromatic carbocycles. The maximum atomic E-state index is 12.1. The highest BCUT2D eigenvalue weighted by atomic mass is 16.6. The third-order valence-corrected chi connectivity index (χ3v) is 3.79. The van der Waals surface area contributed by atoms with Gasteiger partial charge in [0.05, 0.1) is 11.2 Å². The van der Waals surface area contributed by atoms with Gasteiger partial charge in [0.1, 0.15) is 29.6 Å². The minimum atomic E-state index is -0.584. The Morgan fingerprint density at radius 1 is 1.29 bits per heavy atom. The van der Waals surface area contributed by atoms with Gasteiger partial charge in [-0.1, -0.05) is 19.9 Å². The number of benzene rings is 1. The van der Waals surface area contributed by atoms with Gasteiger partial charge in [0.25, 0.3) is 0 Å². The zero-order chi connectivity index (χ0) is 18.4. The number of nitrogen functional groups attached to an aromatic ring is 1. The van der Waals surface area contributed by atoms with Crippen LogP contribution >= 0.6 is 0 Å². The molecule has 0 unspecified atom stereocenters. The molecule has 0 aliphatic carbocycles. The summed E-state index contributed by atoms with van der Waals surface area (Å²) in [6.07, 6.45) is 0.836. The zero-order valence-electron chi connectivity index (χ0n) is 15.1. The van der Waals surface area contributed by atoms with Gasteiger partial charge in [-0.3, -0.25) is 0 Å². The number of nitrogens with zero attached hydrogens (tertiary/aromatic N) is 1. The average molecular weight is 333 g/mol. The molecule has 0 aliphatic heterocycles. The first-order valence-electron chi connectivity index (χ1n) is 8.09. The van der Waals surface area contributed by atoms with E-state index in [1.54, 1.807) is 18.2 Å². The minimum Gasteiger partial charge on any atom is -0.490 e. The van der Waals surface area contributed by atoms with Gasteiger partial charge >= 0.3 is 6.09 Å². The lowest BCUT2D eigenvalue weighted by atomic mass is 9.94. The molecule has 1 amide bonds. The van der Waals surface area contributed by atoms with Crippen LogP contribution in [0.2, 0.25) is 0 Å². The molecule has 0 radical (unpaired) electrons. The molecule has 0 fully saturated rings. The number of hydrogen-bond donors (Lipinski definition) is 2. The molecule has 6 nitrogen and oxygen atoms in total. The Hall–Kier alpha value is -2.42. The van der Waals surface area contributed by atoms with Crippen molar-refractivity contribution < 1.29 is 14.3 Å². The number of amides is 1. The van der Waals surface area contributed by atoms with E-state index in [0.29, 0.717) is 29.8 Å². The predicted molar refractivity (Wildman–Crippen MR) is 93.7 cm³/mol. The van der Waals surface area contributed by atoms with Crippen LogP contribution in [0, 0.1) is 11.3 Å². The van der Waals surface area contributed by atoms with E-state index in [2.05, 4.69) is 5.32 Å². The van der Waals surface area contributed by atoms with E-state index < -0.39 is 17.2 Å². The standard InChI is InChI=1S/C18H27N3O3/c1-6-18(7-2,21-16(22)24-17(3,4)5)12-23-15-10-8-9-14(20)13(15)11-19/h8-10H,6-7,12,20H2,1-5H3,(H,21,22).